The van der Waals surface area contributed by atoms with Crippen molar-refractivity contribution in [3.63, 3.8) is 0 Å². The molecule has 100 valence electrons. The lowest BCUT2D eigenvalue weighted by Gasteiger charge is -2.22. The van der Waals surface area contributed by atoms with Crippen LogP contribution in [0.25, 0.3) is 0 Å². The van der Waals surface area contributed by atoms with Gasteiger partial charge in [0.1, 0.15) is 6.54 Å². The molecule has 0 spiro atoms. The van der Waals surface area contributed by atoms with Gasteiger partial charge in [-0.15, -0.1) is 0 Å². The van der Waals surface area contributed by atoms with E-state index in [4.69, 9.17) is 5.11 Å². The van der Waals surface area contributed by atoms with Gasteiger partial charge in [-0.1, -0.05) is 6.92 Å². The summed E-state index contributed by atoms with van der Waals surface area (Å²) in [6.45, 7) is 2.40. The van der Waals surface area contributed by atoms with Crippen LogP contribution in [-0.2, 0) is 24.3 Å². The van der Waals surface area contributed by atoms with E-state index in [1.54, 1.807) is 6.92 Å². The summed E-state index contributed by atoms with van der Waals surface area (Å²) in [5.74, 6) is -2.17. The Morgan fingerprint density at radius 2 is 1.94 bits per heavy atom. The average molecular weight is 267 g/mol. The fourth-order valence-electron chi connectivity index (χ4n) is 1.11. The van der Waals surface area contributed by atoms with Crippen molar-refractivity contribution in [3.05, 3.63) is 0 Å². The molecule has 0 aromatic rings. The van der Waals surface area contributed by atoms with E-state index in [1.165, 1.54) is 0 Å². The van der Waals surface area contributed by atoms with E-state index in [0.29, 0.717) is 6.42 Å². The molecule has 0 amide bonds. The quantitative estimate of drug-likeness (QED) is 0.634. The number of carboxylic acid groups (broad SMARTS) is 1. The molecule has 0 rings (SSSR count). The summed E-state index contributed by atoms with van der Waals surface area (Å²) in [4.78, 5) is 21.7. The number of hydrogen-bond acceptors (Lipinski definition) is 5. The predicted molar refractivity (Wildman–Crippen MR) is 59.9 cm³/mol. The van der Waals surface area contributed by atoms with Crippen molar-refractivity contribution < 1.29 is 27.9 Å². The normalized spacial score (nSPS) is 13.4. The second kappa shape index (κ2) is 6.55. The maximum Gasteiger partial charge on any atom is 0.323 e. The molecule has 0 aliphatic heterocycles. The standard InChI is InChI=1S/C9H17NO6S/c1-4-5-10(6-8(11)16-3)17(14,15)7(2)9(12)13/h7H,4-6H2,1-3H3,(H,12,13). The van der Waals surface area contributed by atoms with Crippen LogP contribution in [0.4, 0.5) is 0 Å². The highest BCUT2D eigenvalue weighted by atomic mass is 32.2. The van der Waals surface area contributed by atoms with E-state index in [1.807, 2.05) is 0 Å². The maximum atomic E-state index is 11.9. The van der Waals surface area contributed by atoms with Crippen molar-refractivity contribution in [2.45, 2.75) is 25.5 Å². The van der Waals surface area contributed by atoms with Crippen LogP contribution in [0.15, 0.2) is 0 Å². The van der Waals surface area contributed by atoms with Gasteiger partial charge in [0.2, 0.25) is 10.0 Å². The molecule has 0 heterocycles. The van der Waals surface area contributed by atoms with Crippen molar-refractivity contribution in [1.29, 1.82) is 0 Å². The van der Waals surface area contributed by atoms with E-state index in [-0.39, 0.29) is 6.54 Å². The molecule has 0 fully saturated rings. The molecule has 0 radical (unpaired) electrons. The number of carbonyl (C=O) groups excluding carboxylic acids is 1. The van der Waals surface area contributed by atoms with Crippen LogP contribution in [-0.4, -0.2) is 55.2 Å². The molecule has 0 saturated carbocycles. The van der Waals surface area contributed by atoms with Gasteiger partial charge >= 0.3 is 11.9 Å². The predicted octanol–water partition coefficient (Wildman–Crippen LogP) is -0.326. The van der Waals surface area contributed by atoms with Crippen LogP contribution in [0.2, 0.25) is 0 Å². The van der Waals surface area contributed by atoms with Crippen LogP contribution < -0.4 is 0 Å². The van der Waals surface area contributed by atoms with Crippen molar-refractivity contribution in [1.82, 2.24) is 4.31 Å². The second-order valence-electron chi connectivity index (χ2n) is 3.44. The van der Waals surface area contributed by atoms with Gasteiger partial charge in [-0.05, 0) is 13.3 Å². The topological polar surface area (TPSA) is 101 Å². The van der Waals surface area contributed by atoms with E-state index in [9.17, 15) is 18.0 Å². The van der Waals surface area contributed by atoms with Crippen molar-refractivity contribution >= 4 is 22.0 Å². The number of aliphatic carboxylic acids is 1. The lowest BCUT2D eigenvalue weighted by Crippen LogP contribution is -2.44. The van der Waals surface area contributed by atoms with E-state index in [0.717, 1.165) is 18.3 Å². The van der Waals surface area contributed by atoms with Gasteiger partial charge in [-0.25, -0.2) is 8.42 Å². The zero-order chi connectivity index (χ0) is 13.6. The average Bonchev–Trinajstić information content (AvgIpc) is 2.26. The SMILES string of the molecule is CCCN(CC(=O)OC)S(=O)(=O)C(C)C(=O)O. The third-order valence-corrected chi connectivity index (χ3v) is 4.29. The Hall–Kier alpha value is -1.15. The molecule has 17 heavy (non-hydrogen) atoms. The minimum Gasteiger partial charge on any atom is -0.480 e. The van der Waals surface area contributed by atoms with Crippen LogP contribution in [0.5, 0.6) is 0 Å². The molecule has 1 unspecified atom stereocenters. The smallest absolute Gasteiger partial charge is 0.323 e. The zero-order valence-corrected chi connectivity index (χ0v) is 10.9. The minimum atomic E-state index is -4.03. The highest BCUT2D eigenvalue weighted by molar-refractivity contribution is 7.90. The zero-order valence-electron chi connectivity index (χ0n) is 10.0. The second-order valence-corrected chi connectivity index (χ2v) is 5.69. The lowest BCUT2D eigenvalue weighted by atomic mass is 10.5. The largest absolute Gasteiger partial charge is 0.480 e. The Labute approximate surface area is 100 Å². The van der Waals surface area contributed by atoms with Crippen LogP contribution in [0, 0.1) is 0 Å². The summed E-state index contributed by atoms with van der Waals surface area (Å²) in [6.07, 6.45) is 0.475. The van der Waals surface area contributed by atoms with Crippen molar-refractivity contribution in [2.75, 3.05) is 20.2 Å². The van der Waals surface area contributed by atoms with Gasteiger partial charge in [-0.2, -0.15) is 4.31 Å². The molecule has 0 aromatic carbocycles. The number of sulfonamides is 1. The first-order valence-corrected chi connectivity index (χ1v) is 6.56. The number of nitrogens with zero attached hydrogens (tertiary/aromatic N) is 1. The van der Waals surface area contributed by atoms with E-state index in [2.05, 4.69) is 4.74 Å². The highest BCUT2D eigenvalue weighted by Gasteiger charge is 2.34. The number of hydrogen-bond donors (Lipinski definition) is 1. The number of methoxy groups -OCH3 is 1. The molecule has 1 atom stereocenters. The number of carbonyl (C=O) groups is 2. The number of rotatable bonds is 7. The summed E-state index contributed by atoms with van der Waals surface area (Å²) >= 11 is 0. The molecule has 8 heteroatoms. The third-order valence-electron chi connectivity index (χ3n) is 2.16. The Balaban J connectivity index is 5.04. The lowest BCUT2D eigenvalue weighted by molar-refractivity contribution is -0.141. The van der Waals surface area contributed by atoms with E-state index >= 15 is 0 Å². The Morgan fingerprint density at radius 1 is 1.41 bits per heavy atom. The Bertz CT molecular complexity index is 377. The molecule has 0 aliphatic rings. The molecular formula is C9H17NO6S. The van der Waals surface area contributed by atoms with E-state index < -0.39 is 33.8 Å². The summed E-state index contributed by atoms with van der Waals surface area (Å²) in [6, 6.07) is 0. The monoisotopic (exact) mass is 267 g/mol. The number of carboxylic acids is 1. The first-order valence-electron chi connectivity index (χ1n) is 5.05. The highest BCUT2D eigenvalue weighted by Crippen LogP contribution is 2.10. The number of ether oxygens (including phenoxy) is 1. The Morgan fingerprint density at radius 3 is 2.29 bits per heavy atom. The molecule has 0 saturated heterocycles. The van der Waals surface area contributed by atoms with Gasteiger partial charge in [0.25, 0.3) is 0 Å². The van der Waals surface area contributed by atoms with Crippen LogP contribution in [0.3, 0.4) is 0 Å². The molecule has 0 aliphatic carbocycles. The molecule has 1 N–H and O–H groups in total. The van der Waals surface area contributed by atoms with Gasteiger partial charge in [0.15, 0.2) is 5.25 Å². The first kappa shape index (κ1) is 15.9. The van der Waals surface area contributed by atoms with Gasteiger partial charge in [0, 0.05) is 6.54 Å². The Kier molecular flexibility index (Phi) is 6.11. The fraction of sp³-hybridized carbons (Fsp3) is 0.778. The summed E-state index contributed by atoms with van der Waals surface area (Å²) in [5, 5.41) is 7.12. The molecule has 7 nitrogen and oxygen atoms in total. The van der Waals surface area contributed by atoms with Gasteiger partial charge in [-0.3, -0.25) is 9.59 Å². The van der Waals surface area contributed by atoms with Crippen LogP contribution in [0.1, 0.15) is 20.3 Å². The minimum absolute atomic E-state index is 0.0784. The summed E-state index contributed by atoms with van der Waals surface area (Å²) in [7, 11) is -2.90. The third kappa shape index (κ3) is 4.31. The van der Waals surface area contributed by atoms with Gasteiger partial charge < -0.3 is 9.84 Å². The van der Waals surface area contributed by atoms with Crippen molar-refractivity contribution in [3.8, 4) is 0 Å². The molecule has 0 bridgehead atoms. The summed E-state index contributed by atoms with van der Waals surface area (Å²) in [5.41, 5.74) is 0. The molecular weight excluding hydrogens is 250 g/mol. The number of esters is 1. The summed E-state index contributed by atoms with van der Waals surface area (Å²) < 4.78 is 28.9. The maximum absolute atomic E-state index is 11.9. The molecule has 0 aromatic heterocycles. The fourth-order valence-corrected chi connectivity index (χ4v) is 2.53. The van der Waals surface area contributed by atoms with Gasteiger partial charge in [0.05, 0.1) is 7.11 Å². The van der Waals surface area contributed by atoms with Crippen LogP contribution >= 0.6 is 0 Å². The first-order chi connectivity index (χ1) is 7.77. The van der Waals surface area contributed by atoms with Crippen molar-refractivity contribution in [2.24, 2.45) is 0 Å².